The molecule has 2 fully saturated rings. The number of likely N-dealkylation sites (tertiary alicyclic amines) is 1. The van der Waals surface area contributed by atoms with Gasteiger partial charge in [-0.25, -0.2) is 0 Å². The molecule has 37 heavy (non-hydrogen) atoms. The summed E-state index contributed by atoms with van der Waals surface area (Å²) in [5, 5.41) is 14.6. The van der Waals surface area contributed by atoms with Crippen LogP contribution in [0.3, 0.4) is 0 Å². The molecule has 9 nitrogen and oxygen atoms in total. The molecule has 0 aliphatic carbocycles. The summed E-state index contributed by atoms with van der Waals surface area (Å²) < 4.78 is 1.24. The van der Waals surface area contributed by atoms with Crippen molar-refractivity contribution in [3.05, 3.63) is 56.9 Å². The number of β-amino-alcohol motifs (C(OH)–C–C–N with tert-alkyl or cyclic N) is 1. The van der Waals surface area contributed by atoms with Crippen molar-refractivity contribution in [3.63, 3.8) is 0 Å². The maximum absolute atomic E-state index is 13.8. The largest absolute Gasteiger partial charge is 0.391 e. The number of hydrogen-bond acceptors (Lipinski definition) is 7. The molecule has 3 aromatic rings. The van der Waals surface area contributed by atoms with Crippen molar-refractivity contribution in [2.45, 2.75) is 38.5 Å². The quantitative estimate of drug-likeness (QED) is 0.291. The van der Waals surface area contributed by atoms with Gasteiger partial charge in [0.15, 0.2) is 0 Å². The Morgan fingerprint density at radius 1 is 1.19 bits per heavy atom. The van der Waals surface area contributed by atoms with E-state index in [9.17, 15) is 19.5 Å². The molecule has 0 radical (unpaired) electrons. The van der Waals surface area contributed by atoms with E-state index in [-0.39, 0.29) is 28.6 Å². The third-order valence-corrected chi connectivity index (χ3v) is 8.30. The Bertz CT molecular complexity index is 1370. The number of thiophene rings is 1. The number of piperazine rings is 1. The first-order valence-corrected chi connectivity index (χ1v) is 13.5. The van der Waals surface area contributed by atoms with Gasteiger partial charge in [0.2, 0.25) is 0 Å². The number of rotatable bonds is 5. The number of ketones is 1. The van der Waals surface area contributed by atoms with E-state index in [0.717, 1.165) is 13.1 Å². The third-order valence-electron chi connectivity index (χ3n) is 7.25. The van der Waals surface area contributed by atoms with Crippen LogP contribution in [0, 0.1) is 0 Å². The van der Waals surface area contributed by atoms with Crippen LogP contribution in [0.4, 0.5) is 0 Å². The summed E-state index contributed by atoms with van der Waals surface area (Å²) in [6.07, 6.45) is 1.18. The van der Waals surface area contributed by atoms with Crippen LogP contribution in [0.1, 0.15) is 46.5 Å². The second-order valence-electron chi connectivity index (χ2n) is 10.4. The summed E-state index contributed by atoms with van der Waals surface area (Å²) in [4.78, 5) is 45.2. The molecule has 2 aromatic heterocycles. The molecule has 3 N–H and O–H groups in total. The Balaban J connectivity index is 1.42. The summed E-state index contributed by atoms with van der Waals surface area (Å²) in [5.41, 5.74) is 1.62. The van der Waals surface area contributed by atoms with Gasteiger partial charge in [0, 0.05) is 50.9 Å². The maximum atomic E-state index is 13.8. The van der Waals surface area contributed by atoms with Crippen LogP contribution in [0.15, 0.2) is 35.2 Å². The highest BCUT2D eigenvalue weighted by atomic mass is 35.5. The summed E-state index contributed by atoms with van der Waals surface area (Å²) >= 11 is 8.23. The van der Waals surface area contributed by atoms with Crippen molar-refractivity contribution in [1.29, 1.82) is 0 Å². The minimum Gasteiger partial charge on any atom is -0.391 e. The molecule has 2 amide bonds. The molecule has 196 valence electrons. The summed E-state index contributed by atoms with van der Waals surface area (Å²) in [6.45, 7) is 7.29. The van der Waals surface area contributed by atoms with E-state index in [2.05, 4.69) is 21.7 Å². The number of carbonyl (C=O) groups excluding carboxylic acids is 3. The number of halogens is 1. The molecule has 0 spiro atoms. The highest BCUT2D eigenvalue weighted by Crippen LogP contribution is 2.32. The van der Waals surface area contributed by atoms with Gasteiger partial charge >= 0.3 is 0 Å². The number of fused-ring (bicyclic) bond motifs is 1. The number of nitrogen functional groups attached to an aromatic ring is 1. The Hall–Kier alpha value is -2.92. The standard InChI is InChI=1S/C26H30ClN5O4S/c1-26(2)15-29(11-16-4-8-37-14-16)6-7-31(26)24(35)19-9-18-20(13-32(28)22(18)10-21(19)27)23(34)25(36)30-5-3-17(33)12-30/h4,8-10,13-14,17,33H,3,5-7,11-12,15,28H2,1-2H3. The Labute approximate surface area is 223 Å². The van der Waals surface area contributed by atoms with Gasteiger partial charge in [-0.05, 0) is 54.8 Å². The van der Waals surface area contributed by atoms with Crippen molar-refractivity contribution < 1.29 is 19.5 Å². The van der Waals surface area contributed by atoms with E-state index in [4.69, 9.17) is 17.4 Å². The Morgan fingerprint density at radius 3 is 2.62 bits per heavy atom. The van der Waals surface area contributed by atoms with Crippen LogP contribution in [-0.4, -0.2) is 86.4 Å². The van der Waals surface area contributed by atoms with Gasteiger partial charge in [-0.15, -0.1) is 0 Å². The van der Waals surface area contributed by atoms with Crippen LogP contribution in [-0.2, 0) is 11.3 Å². The zero-order valence-electron chi connectivity index (χ0n) is 20.8. The van der Waals surface area contributed by atoms with Crippen molar-refractivity contribution in [2.24, 2.45) is 0 Å². The number of aliphatic hydroxyl groups is 1. The summed E-state index contributed by atoms with van der Waals surface area (Å²) in [7, 11) is 0. The predicted octanol–water partition coefficient (Wildman–Crippen LogP) is 2.58. The first-order chi connectivity index (χ1) is 17.5. The molecule has 0 saturated carbocycles. The van der Waals surface area contributed by atoms with Gasteiger partial charge in [0.1, 0.15) is 0 Å². The predicted molar refractivity (Wildman–Crippen MR) is 143 cm³/mol. The highest BCUT2D eigenvalue weighted by Gasteiger charge is 2.38. The van der Waals surface area contributed by atoms with E-state index in [0.29, 0.717) is 37.0 Å². The molecule has 1 aromatic carbocycles. The molecule has 4 heterocycles. The van der Waals surface area contributed by atoms with Gasteiger partial charge in [-0.2, -0.15) is 11.3 Å². The first kappa shape index (κ1) is 25.7. The molecular weight excluding hydrogens is 514 g/mol. The number of carbonyl (C=O) groups is 3. The smallest absolute Gasteiger partial charge is 0.295 e. The van der Waals surface area contributed by atoms with Crippen molar-refractivity contribution in [1.82, 2.24) is 19.4 Å². The van der Waals surface area contributed by atoms with Crippen LogP contribution < -0.4 is 5.84 Å². The lowest BCUT2D eigenvalue weighted by Crippen LogP contribution is -2.60. The maximum Gasteiger partial charge on any atom is 0.295 e. The van der Waals surface area contributed by atoms with Crippen molar-refractivity contribution in [2.75, 3.05) is 38.6 Å². The number of aromatic nitrogens is 1. The van der Waals surface area contributed by atoms with Gasteiger partial charge in [-0.3, -0.25) is 24.0 Å². The van der Waals surface area contributed by atoms with E-state index in [1.54, 1.807) is 23.5 Å². The van der Waals surface area contributed by atoms with Crippen molar-refractivity contribution in [3.8, 4) is 0 Å². The Kier molecular flexibility index (Phi) is 6.78. The van der Waals surface area contributed by atoms with E-state index in [1.165, 1.54) is 21.3 Å². The zero-order chi connectivity index (χ0) is 26.5. The fourth-order valence-electron chi connectivity index (χ4n) is 5.35. The lowest BCUT2D eigenvalue weighted by molar-refractivity contribution is -0.125. The fraction of sp³-hybridized carbons (Fsp3) is 0.423. The molecule has 2 saturated heterocycles. The number of nitrogens with two attached hydrogens (primary N) is 1. The highest BCUT2D eigenvalue weighted by molar-refractivity contribution is 7.07. The SMILES string of the molecule is CC1(C)CN(Cc2ccsc2)CCN1C(=O)c1cc2c(C(=O)C(=O)N3CCC(O)C3)cn(N)c2cc1Cl. The minimum atomic E-state index is -0.730. The number of nitrogens with zero attached hydrogens (tertiary/aromatic N) is 4. The zero-order valence-corrected chi connectivity index (χ0v) is 22.4. The van der Waals surface area contributed by atoms with Crippen LogP contribution in [0.2, 0.25) is 5.02 Å². The molecule has 11 heteroatoms. The lowest BCUT2D eigenvalue weighted by atomic mass is 9.96. The Morgan fingerprint density at radius 2 is 1.97 bits per heavy atom. The fourth-order valence-corrected chi connectivity index (χ4v) is 6.25. The molecule has 2 aliphatic heterocycles. The molecule has 0 bridgehead atoms. The average molecular weight is 544 g/mol. The number of aliphatic hydroxyl groups excluding tert-OH is 1. The summed E-state index contributed by atoms with van der Waals surface area (Å²) in [6, 6.07) is 5.24. The lowest BCUT2D eigenvalue weighted by Gasteiger charge is -2.47. The normalized spacial score (nSPS) is 20.1. The van der Waals surface area contributed by atoms with Gasteiger partial charge in [-0.1, -0.05) is 11.6 Å². The monoisotopic (exact) mass is 543 g/mol. The van der Waals surface area contributed by atoms with Crippen LogP contribution in [0.25, 0.3) is 10.9 Å². The average Bonchev–Trinajstić information content (AvgIpc) is 3.58. The second kappa shape index (κ2) is 9.75. The van der Waals surface area contributed by atoms with Crippen LogP contribution >= 0.6 is 22.9 Å². The van der Waals surface area contributed by atoms with Crippen molar-refractivity contribution >= 4 is 51.4 Å². The van der Waals surface area contributed by atoms with E-state index >= 15 is 0 Å². The third kappa shape index (κ3) is 4.86. The topological polar surface area (TPSA) is 112 Å². The second-order valence-corrected chi connectivity index (χ2v) is 11.6. The summed E-state index contributed by atoms with van der Waals surface area (Å²) in [5.74, 6) is 4.42. The van der Waals surface area contributed by atoms with Crippen LogP contribution in [0.5, 0.6) is 0 Å². The molecule has 1 atom stereocenters. The van der Waals surface area contributed by atoms with E-state index < -0.39 is 23.3 Å². The molecule has 5 rings (SSSR count). The molecule has 2 aliphatic rings. The van der Waals surface area contributed by atoms with E-state index in [1.807, 2.05) is 18.7 Å². The van der Waals surface area contributed by atoms with Gasteiger partial charge in [0.05, 0.1) is 33.3 Å². The molecule has 1 unspecified atom stereocenters. The van der Waals surface area contributed by atoms with Gasteiger partial charge in [0.25, 0.3) is 17.6 Å². The minimum absolute atomic E-state index is 0.106. The number of hydrogen-bond donors (Lipinski definition) is 2. The molecular formula is C26H30ClN5O4S. The number of amides is 2. The van der Waals surface area contributed by atoms with Gasteiger partial charge < -0.3 is 20.7 Å². The number of benzene rings is 1. The number of Topliss-reactive ketones (excluding diaryl/α,β-unsaturated/α-hetero) is 1. The first-order valence-electron chi connectivity index (χ1n) is 12.2.